The summed E-state index contributed by atoms with van der Waals surface area (Å²) >= 11 is 0. The third kappa shape index (κ3) is 2.71. The Kier molecular flexibility index (Phi) is 4.58. The molecule has 0 bridgehead atoms. The van der Waals surface area contributed by atoms with Crippen LogP contribution >= 0.6 is 12.4 Å². The molecule has 2 N–H and O–H groups in total. The molecule has 84 valence electrons. The maximum atomic E-state index is 5.58. The second kappa shape index (κ2) is 5.50. The molecule has 0 aromatic heterocycles. The number of hydrogen-bond acceptors (Lipinski definition) is 2. The standard InChI is InChI=1S/C12H18N2.ClH/c1-10-8-14(7-6-13)9-11-4-2-3-5-12(10)11;/h2-5,10H,6-9,13H2,1H3;1H. The van der Waals surface area contributed by atoms with Crippen molar-refractivity contribution < 1.29 is 0 Å². The van der Waals surface area contributed by atoms with Crippen LogP contribution in [0.3, 0.4) is 0 Å². The predicted molar refractivity (Wildman–Crippen MR) is 66.4 cm³/mol. The fourth-order valence-electron chi connectivity index (χ4n) is 2.30. The van der Waals surface area contributed by atoms with Crippen LogP contribution in [-0.2, 0) is 6.54 Å². The molecule has 0 amide bonds. The average Bonchev–Trinajstić information content (AvgIpc) is 2.18. The summed E-state index contributed by atoms with van der Waals surface area (Å²) in [6.07, 6.45) is 0. The molecule has 0 radical (unpaired) electrons. The van der Waals surface area contributed by atoms with Crippen molar-refractivity contribution in [3.05, 3.63) is 35.4 Å². The summed E-state index contributed by atoms with van der Waals surface area (Å²) in [5.74, 6) is 0.645. The lowest BCUT2D eigenvalue weighted by Crippen LogP contribution is -2.36. The zero-order valence-electron chi connectivity index (χ0n) is 9.15. The van der Waals surface area contributed by atoms with E-state index >= 15 is 0 Å². The van der Waals surface area contributed by atoms with Gasteiger partial charge in [-0.25, -0.2) is 0 Å². The van der Waals surface area contributed by atoms with E-state index in [1.165, 1.54) is 11.1 Å². The molecule has 0 aliphatic carbocycles. The topological polar surface area (TPSA) is 29.3 Å². The maximum Gasteiger partial charge on any atom is 0.0237 e. The summed E-state index contributed by atoms with van der Waals surface area (Å²) in [6.45, 7) is 6.28. The lowest BCUT2D eigenvalue weighted by molar-refractivity contribution is 0.241. The first kappa shape index (κ1) is 12.5. The van der Waals surface area contributed by atoms with Crippen LogP contribution in [0.1, 0.15) is 24.0 Å². The molecule has 3 heteroatoms. The highest BCUT2D eigenvalue weighted by atomic mass is 35.5. The van der Waals surface area contributed by atoms with Crippen molar-refractivity contribution in [1.82, 2.24) is 4.90 Å². The lowest BCUT2D eigenvalue weighted by atomic mass is 9.91. The Bertz CT molecular complexity index is 314. The number of nitrogens with two attached hydrogens (primary N) is 1. The number of nitrogens with zero attached hydrogens (tertiary/aromatic N) is 1. The zero-order chi connectivity index (χ0) is 9.97. The molecule has 2 nitrogen and oxygen atoms in total. The number of benzene rings is 1. The van der Waals surface area contributed by atoms with Crippen molar-refractivity contribution >= 4 is 12.4 Å². The van der Waals surface area contributed by atoms with E-state index in [1.807, 2.05) is 0 Å². The van der Waals surface area contributed by atoms with Crippen molar-refractivity contribution in [1.29, 1.82) is 0 Å². The lowest BCUT2D eigenvalue weighted by Gasteiger charge is -2.32. The van der Waals surface area contributed by atoms with E-state index in [2.05, 4.69) is 36.1 Å². The monoisotopic (exact) mass is 226 g/mol. The van der Waals surface area contributed by atoms with E-state index in [1.54, 1.807) is 0 Å². The highest BCUT2D eigenvalue weighted by Gasteiger charge is 2.20. The van der Waals surface area contributed by atoms with E-state index in [0.717, 1.165) is 26.2 Å². The van der Waals surface area contributed by atoms with Gasteiger partial charge < -0.3 is 5.73 Å². The van der Waals surface area contributed by atoms with E-state index in [4.69, 9.17) is 5.73 Å². The van der Waals surface area contributed by atoms with E-state index in [0.29, 0.717) is 5.92 Å². The fraction of sp³-hybridized carbons (Fsp3) is 0.500. The Labute approximate surface area is 97.9 Å². The Morgan fingerprint density at radius 1 is 1.40 bits per heavy atom. The molecule has 2 rings (SSSR count). The van der Waals surface area contributed by atoms with Crippen LogP contribution in [0.15, 0.2) is 24.3 Å². The number of halogens is 1. The van der Waals surface area contributed by atoms with Gasteiger partial charge in [-0.3, -0.25) is 4.90 Å². The van der Waals surface area contributed by atoms with Crippen molar-refractivity contribution in [2.75, 3.05) is 19.6 Å². The fourth-order valence-corrected chi connectivity index (χ4v) is 2.30. The molecule has 0 fully saturated rings. The van der Waals surface area contributed by atoms with Gasteiger partial charge in [0.15, 0.2) is 0 Å². The quantitative estimate of drug-likeness (QED) is 0.836. The van der Waals surface area contributed by atoms with Crippen LogP contribution < -0.4 is 5.73 Å². The highest BCUT2D eigenvalue weighted by molar-refractivity contribution is 5.85. The van der Waals surface area contributed by atoms with Gasteiger partial charge in [-0.15, -0.1) is 12.4 Å². The summed E-state index contributed by atoms with van der Waals surface area (Å²) in [6, 6.07) is 8.74. The van der Waals surface area contributed by atoms with Crippen molar-refractivity contribution in [3.8, 4) is 0 Å². The van der Waals surface area contributed by atoms with Crippen molar-refractivity contribution in [2.24, 2.45) is 5.73 Å². The molecule has 0 saturated heterocycles. The Morgan fingerprint density at radius 2 is 2.13 bits per heavy atom. The molecule has 0 spiro atoms. The molecule has 1 aromatic rings. The molecule has 1 aliphatic rings. The summed E-state index contributed by atoms with van der Waals surface area (Å²) in [7, 11) is 0. The second-order valence-electron chi connectivity index (χ2n) is 4.12. The van der Waals surface area contributed by atoms with Gasteiger partial charge in [0.2, 0.25) is 0 Å². The molecule has 1 atom stereocenters. The Balaban J connectivity index is 0.00000112. The minimum absolute atomic E-state index is 0. The third-order valence-electron chi connectivity index (χ3n) is 2.96. The normalized spacial score (nSPS) is 20.5. The molecular weight excluding hydrogens is 208 g/mol. The van der Waals surface area contributed by atoms with Crippen LogP contribution in [0.5, 0.6) is 0 Å². The Hall–Kier alpha value is -0.570. The first-order valence-corrected chi connectivity index (χ1v) is 5.31. The van der Waals surface area contributed by atoms with Gasteiger partial charge in [-0.1, -0.05) is 31.2 Å². The smallest absolute Gasteiger partial charge is 0.0237 e. The highest BCUT2D eigenvalue weighted by Crippen LogP contribution is 2.26. The molecule has 1 aromatic carbocycles. The van der Waals surface area contributed by atoms with Crippen LogP contribution in [0, 0.1) is 0 Å². The molecule has 15 heavy (non-hydrogen) atoms. The van der Waals surface area contributed by atoms with Gasteiger partial charge in [0.25, 0.3) is 0 Å². The SMILES string of the molecule is CC1CN(CCN)Cc2ccccc21.Cl. The first-order valence-electron chi connectivity index (χ1n) is 5.31. The van der Waals surface area contributed by atoms with Gasteiger partial charge >= 0.3 is 0 Å². The minimum atomic E-state index is 0. The van der Waals surface area contributed by atoms with Gasteiger partial charge in [0.1, 0.15) is 0 Å². The summed E-state index contributed by atoms with van der Waals surface area (Å²) < 4.78 is 0. The first-order chi connectivity index (χ1) is 6.81. The van der Waals surface area contributed by atoms with Gasteiger partial charge in [-0.05, 0) is 17.0 Å². The van der Waals surface area contributed by atoms with Crippen LogP contribution in [0.4, 0.5) is 0 Å². The van der Waals surface area contributed by atoms with Crippen LogP contribution in [0.25, 0.3) is 0 Å². The predicted octanol–water partition coefficient (Wildman–Crippen LogP) is 1.99. The minimum Gasteiger partial charge on any atom is -0.329 e. The number of fused-ring (bicyclic) bond motifs is 1. The van der Waals surface area contributed by atoms with Crippen LogP contribution in [-0.4, -0.2) is 24.5 Å². The van der Waals surface area contributed by atoms with E-state index < -0.39 is 0 Å². The molecular formula is C12H19ClN2. The average molecular weight is 227 g/mol. The van der Waals surface area contributed by atoms with Gasteiger partial charge in [0.05, 0.1) is 0 Å². The van der Waals surface area contributed by atoms with Crippen molar-refractivity contribution in [2.45, 2.75) is 19.4 Å². The largest absolute Gasteiger partial charge is 0.329 e. The number of hydrogen-bond donors (Lipinski definition) is 1. The maximum absolute atomic E-state index is 5.58. The molecule has 0 saturated carbocycles. The van der Waals surface area contributed by atoms with Gasteiger partial charge in [0, 0.05) is 26.2 Å². The van der Waals surface area contributed by atoms with E-state index in [-0.39, 0.29) is 12.4 Å². The molecule has 1 unspecified atom stereocenters. The summed E-state index contributed by atoms with van der Waals surface area (Å²) in [5, 5.41) is 0. The second-order valence-corrected chi connectivity index (χ2v) is 4.12. The molecule has 1 heterocycles. The summed E-state index contributed by atoms with van der Waals surface area (Å²) in [4.78, 5) is 2.44. The van der Waals surface area contributed by atoms with Crippen molar-refractivity contribution in [3.63, 3.8) is 0 Å². The van der Waals surface area contributed by atoms with Gasteiger partial charge in [-0.2, -0.15) is 0 Å². The van der Waals surface area contributed by atoms with Crippen LogP contribution in [0.2, 0.25) is 0 Å². The third-order valence-corrected chi connectivity index (χ3v) is 2.96. The zero-order valence-corrected chi connectivity index (χ0v) is 9.96. The molecule has 1 aliphatic heterocycles. The number of rotatable bonds is 2. The summed E-state index contributed by atoms with van der Waals surface area (Å²) in [5.41, 5.74) is 8.57. The van der Waals surface area contributed by atoms with E-state index in [9.17, 15) is 0 Å². The Morgan fingerprint density at radius 3 is 2.87 bits per heavy atom.